The number of aliphatic hydroxyl groups excluding tert-OH is 1. The maximum atomic E-state index is 15.4. The van der Waals surface area contributed by atoms with Crippen molar-refractivity contribution in [3.63, 3.8) is 0 Å². The van der Waals surface area contributed by atoms with Gasteiger partial charge in [-0.2, -0.15) is 0 Å². The van der Waals surface area contributed by atoms with Crippen LogP contribution in [0.3, 0.4) is 0 Å². The van der Waals surface area contributed by atoms with E-state index in [-0.39, 0.29) is 87.3 Å². The van der Waals surface area contributed by atoms with Crippen molar-refractivity contribution in [2.24, 2.45) is 17.6 Å². The lowest BCUT2D eigenvalue weighted by atomic mass is 9.93. The molecule has 18 N–H and O–H groups in total. The lowest BCUT2D eigenvalue weighted by Gasteiger charge is -2.31. The highest BCUT2D eigenvalue weighted by Gasteiger charge is 2.41. The van der Waals surface area contributed by atoms with Crippen LogP contribution in [0.15, 0.2) is 16.0 Å². The fourth-order valence-electron chi connectivity index (χ4n) is 13.4. The second-order valence-corrected chi connectivity index (χ2v) is 36.4. The third kappa shape index (κ3) is 27.8. The number of hydrogen-bond donors (Lipinski definition) is 17. The molecule has 3 heterocycles. The van der Waals surface area contributed by atoms with E-state index in [2.05, 4.69) is 67.6 Å². The number of rotatable bonds is 40. The number of sulfonamides is 2. The van der Waals surface area contributed by atoms with E-state index in [0.29, 0.717) is 89.1 Å². The highest BCUT2D eigenvalue weighted by molar-refractivity contribution is 7.90. The highest BCUT2D eigenvalue weighted by Crippen LogP contribution is 2.45. The molecule has 38 heteroatoms. The van der Waals surface area contributed by atoms with Crippen molar-refractivity contribution >= 4 is 79.7 Å². The molecule has 8 atom stereocenters. The number of aliphatic hydroxyl groups is 2. The Morgan fingerprint density at radius 1 is 0.570 bits per heavy atom. The van der Waals surface area contributed by atoms with Crippen LogP contribution in [0.5, 0.6) is 11.5 Å². The zero-order chi connectivity index (χ0) is 86.1. The molecule has 114 heavy (non-hydrogen) atoms. The van der Waals surface area contributed by atoms with Crippen LogP contribution >= 0.6 is 0 Å². The van der Waals surface area contributed by atoms with E-state index in [4.69, 9.17) is 35.5 Å². The number of aryl methyl sites for hydroxylation is 1. The van der Waals surface area contributed by atoms with E-state index >= 15 is 14.4 Å². The fraction of sp³-hybridized carbons (Fsp3) is 0.684. The second-order valence-electron chi connectivity index (χ2n) is 33.2. The van der Waals surface area contributed by atoms with Gasteiger partial charge in [0, 0.05) is 67.7 Å². The monoisotopic (exact) mass is 1640 g/mol. The number of aliphatic carboxylic acids is 1. The topological polar surface area (TPSA) is 539 Å². The van der Waals surface area contributed by atoms with Gasteiger partial charge in [0.2, 0.25) is 41.5 Å². The van der Waals surface area contributed by atoms with E-state index in [0.717, 1.165) is 11.1 Å². The number of unbranched alkanes of at least 4 members (excludes halogenated alkanes) is 2. The number of ether oxygens (including phenoxy) is 4. The van der Waals surface area contributed by atoms with Crippen LogP contribution in [0.4, 0.5) is 9.59 Å². The van der Waals surface area contributed by atoms with Gasteiger partial charge >= 0.3 is 18.2 Å². The predicted octanol–water partition coefficient (Wildman–Crippen LogP) is 4.27. The number of carboxylic acid groups (broad SMARTS) is 1. The van der Waals surface area contributed by atoms with Crippen LogP contribution in [0.25, 0.3) is 0 Å². The summed E-state index contributed by atoms with van der Waals surface area (Å²) < 4.78 is 86.2. The average molecular weight is 1650 g/mol. The standard InChI is InChI=1S/C76H125N17O19S2/c1-21-41(4)57(66(98)88-56(40(2)3)65(97)86-54(68(101)102)29-22-24-32-82-71(103)111-73(11,12)13)89-63(95)53(31-27-34-81-70(79)91-114(107,108)61-45(8)43(6)50-38-76(19,20)110-59(50)47(61)10)84-62(94)52(30-26-33-80-69(78)90-113(105,106)60-44(7)42(5)49-37-75(17,18)109-58(49)46(60)9)85-64(96)55(87-72(104)112-74(14,15)16)36-48-39-83-92-93(48)35-25-23-28-51(77)67(99)100/h39-41,51-57,68,101-102H,21-38,77H2,1-20H3,(H,82,103)(H,84,94)(H,85,96)(H,86,97)(H,87,104)(H,88,98)(H,89,95)(H,99,100)(H3,78,80,90)(H3,79,81,91)/t41?,51-,52+,53+,54+,55+,56+,57+/m0/s1. The Morgan fingerprint density at radius 3 is 1.46 bits per heavy atom. The molecule has 2 aromatic carbocycles. The third-order valence-corrected chi connectivity index (χ3v) is 23.0. The SMILES string of the molecule is CCC(C)[C@@H](NC(=O)[C@@H](CCCNC(=N)NS(=O)(=O)c1c(C)c(C)c2c(c1C)OC(C)(C)C2)NC(=O)[C@@H](CCCNC(=N)NS(=O)(=O)c1c(C)c(C)c2c(c1C)OC(C)(C)C2)NC(=O)[C@@H](Cc1cnnn1CCCC[C@H](N)C(=O)O)NC(=O)OC(C)(C)C)C(=O)N[C@@H](C(=O)N[C@H](CCCCNC(=O)OC(C)(C)C)C(O)O)C(C)C. The van der Waals surface area contributed by atoms with Crippen LogP contribution in [-0.4, -0.2) is 197 Å². The molecule has 0 spiro atoms. The van der Waals surface area contributed by atoms with Gasteiger partial charge in [-0.3, -0.25) is 39.6 Å². The molecule has 7 amide bonds. The summed E-state index contributed by atoms with van der Waals surface area (Å²) in [4.78, 5) is 112. The van der Waals surface area contributed by atoms with Crippen LogP contribution in [0, 0.1) is 64.2 Å². The Kier molecular flexibility index (Phi) is 33.9. The van der Waals surface area contributed by atoms with Crippen molar-refractivity contribution in [3.05, 3.63) is 56.4 Å². The summed E-state index contributed by atoms with van der Waals surface area (Å²) in [5, 5.41) is 80.2. The maximum absolute atomic E-state index is 15.4. The molecule has 2 aliphatic rings. The Balaban J connectivity index is 1.51. The van der Waals surface area contributed by atoms with E-state index in [1.165, 1.54) is 10.9 Å². The zero-order valence-corrected chi connectivity index (χ0v) is 71.3. The van der Waals surface area contributed by atoms with Crippen molar-refractivity contribution in [1.82, 2.24) is 72.3 Å². The first-order valence-electron chi connectivity index (χ1n) is 38.7. The normalized spacial score (nSPS) is 15.8. The smallest absolute Gasteiger partial charge is 0.408 e. The summed E-state index contributed by atoms with van der Waals surface area (Å²) in [6.45, 7) is 34.2. The molecule has 1 aromatic heterocycles. The van der Waals surface area contributed by atoms with Gasteiger partial charge in [-0.15, -0.1) is 5.10 Å². The first-order chi connectivity index (χ1) is 52.7. The lowest BCUT2D eigenvalue weighted by molar-refractivity contribution is -0.138. The Labute approximate surface area is 669 Å². The van der Waals surface area contributed by atoms with E-state index < -0.39 is 162 Å². The summed E-state index contributed by atoms with van der Waals surface area (Å²) in [6.07, 6.45) is -0.669. The van der Waals surface area contributed by atoms with Crippen LogP contribution in [0.1, 0.15) is 218 Å². The van der Waals surface area contributed by atoms with Gasteiger partial charge < -0.3 is 87.9 Å². The zero-order valence-electron chi connectivity index (χ0n) is 69.7. The Bertz CT molecular complexity index is 4210. The minimum absolute atomic E-state index is 0.0392. The molecular weight excluding hydrogens is 1520 g/mol. The summed E-state index contributed by atoms with van der Waals surface area (Å²) in [7, 11) is -8.91. The van der Waals surface area contributed by atoms with E-state index in [9.17, 15) is 56.1 Å². The van der Waals surface area contributed by atoms with Gasteiger partial charge in [0.05, 0.1) is 27.7 Å². The fourth-order valence-corrected chi connectivity index (χ4v) is 16.4. The summed E-state index contributed by atoms with van der Waals surface area (Å²) in [5.74, 6) is -7.58. The minimum Gasteiger partial charge on any atom is -0.487 e. The van der Waals surface area contributed by atoms with Gasteiger partial charge in [-0.25, -0.2) is 40.6 Å². The number of amides is 7. The van der Waals surface area contributed by atoms with Crippen LogP contribution in [-0.2, 0) is 84.1 Å². The molecule has 5 rings (SSSR count). The number of nitrogens with one attached hydrogen (secondary N) is 13. The lowest BCUT2D eigenvalue weighted by Crippen LogP contribution is -2.61. The quantitative estimate of drug-likeness (QED) is 0.0164. The molecule has 0 radical (unpaired) electrons. The summed E-state index contributed by atoms with van der Waals surface area (Å²) in [6, 6.07) is -10.00. The first-order valence-corrected chi connectivity index (χ1v) is 41.7. The van der Waals surface area contributed by atoms with Gasteiger partial charge in [-0.05, 0) is 209 Å². The predicted molar refractivity (Wildman–Crippen MR) is 425 cm³/mol. The average Bonchev–Trinajstić information content (AvgIpc) is 1.53. The number of guanidine groups is 2. The molecular formula is C76H125N17O19S2. The van der Waals surface area contributed by atoms with Crippen molar-refractivity contribution in [2.45, 2.75) is 316 Å². The number of benzene rings is 2. The number of carbonyl (C=O) groups excluding carboxylic acids is 7. The molecule has 36 nitrogen and oxygen atoms in total. The summed E-state index contributed by atoms with van der Waals surface area (Å²) >= 11 is 0. The Hall–Kier alpha value is -9.14. The number of carbonyl (C=O) groups is 8. The number of hydrogen-bond acceptors (Lipinski definition) is 23. The number of alkyl carbamates (subject to hydrolysis) is 2. The maximum Gasteiger partial charge on any atom is 0.408 e. The highest BCUT2D eigenvalue weighted by atomic mass is 32.2. The van der Waals surface area contributed by atoms with Crippen molar-refractivity contribution in [1.29, 1.82) is 10.8 Å². The minimum atomic E-state index is -4.45. The molecule has 0 bridgehead atoms. The van der Waals surface area contributed by atoms with Crippen molar-refractivity contribution in [2.75, 3.05) is 19.6 Å². The van der Waals surface area contributed by atoms with E-state index in [1.54, 1.807) is 111 Å². The van der Waals surface area contributed by atoms with Gasteiger partial charge in [0.25, 0.3) is 20.0 Å². The molecule has 0 saturated carbocycles. The molecule has 640 valence electrons. The molecule has 3 aromatic rings. The molecule has 1 unspecified atom stereocenters. The van der Waals surface area contributed by atoms with E-state index in [1.807, 2.05) is 27.7 Å². The second kappa shape index (κ2) is 40.4. The van der Waals surface area contributed by atoms with Crippen LogP contribution < -0.4 is 72.5 Å². The number of carboxylic acids is 1. The number of fused-ring (bicyclic) bond motifs is 2. The van der Waals surface area contributed by atoms with Crippen molar-refractivity contribution in [3.8, 4) is 11.5 Å². The molecule has 0 saturated heterocycles. The molecule has 0 aliphatic carbocycles. The first kappa shape index (κ1) is 95.4. The molecule has 0 fully saturated rings. The summed E-state index contributed by atoms with van der Waals surface area (Å²) in [5.41, 5.74) is 7.80. The number of nitrogens with two attached hydrogens (primary N) is 1. The molecule has 2 aliphatic heterocycles. The van der Waals surface area contributed by atoms with Gasteiger partial charge in [0.15, 0.2) is 6.29 Å². The third-order valence-electron chi connectivity index (χ3n) is 19.7. The van der Waals surface area contributed by atoms with Crippen molar-refractivity contribution < 1.29 is 89.5 Å². The van der Waals surface area contributed by atoms with Gasteiger partial charge in [0.1, 0.15) is 70.2 Å². The number of aromatic nitrogens is 3. The largest absolute Gasteiger partial charge is 0.487 e. The Morgan fingerprint density at radius 2 is 1.01 bits per heavy atom. The van der Waals surface area contributed by atoms with Crippen LogP contribution in [0.2, 0.25) is 0 Å². The number of nitrogens with zero attached hydrogens (tertiary/aromatic N) is 3. The van der Waals surface area contributed by atoms with Gasteiger partial charge in [-0.1, -0.05) is 39.3 Å².